The van der Waals surface area contributed by atoms with E-state index in [9.17, 15) is 5.11 Å². The molecule has 0 amide bonds. The zero-order chi connectivity index (χ0) is 12.1. The van der Waals surface area contributed by atoms with Crippen LogP contribution in [0.3, 0.4) is 0 Å². The van der Waals surface area contributed by atoms with Crippen LogP contribution in [0.1, 0.15) is 31.2 Å². The van der Waals surface area contributed by atoms with Crippen LogP contribution in [0.25, 0.3) is 0 Å². The molecule has 3 saturated carbocycles. The maximum absolute atomic E-state index is 10.6. The van der Waals surface area contributed by atoms with E-state index >= 15 is 0 Å². The topological polar surface area (TPSA) is 20.2 Å². The van der Waals surface area contributed by atoms with Crippen molar-refractivity contribution in [2.45, 2.75) is 38.2 Å². The van der Waals surface area contributed by atoms with E-state index < -0.39 is 0 Å². The molecule has 0 spiro atoms. The van der Waals surface area contributed by atoms with E-state index in [1.165, 1.54) is 31.2 Å². The molecule has 3 aliphatic carbocycles. The summed E-state index contributed by atoms with van der Waals surface area (Å²) in [7, 11) is 0. The number of hydrogen-bond acceptors (Lipinski definition) is 1. The first-order valence-corrected chi connectivity index (χ1v) is 7.56. The van der Waals surface area contributed by atoms with Gasteiger partial charge in [0.2, 0.25) is 0 Å². The van der Waals surface area contributed by atoms with Crippen molar-refractivity contribution in [2.75, 3.05) is 0 Å². The van der Waals surface area contributed by atoms with Gasteiger partial charge in [-0.1, -0.05) is 36.8 Å². The van der Waals surface area contributed by atoms with E-state index in [1.807, 2.05) is 0 Å². The van der Waals surface area contributed by atoms with E-state index in [0.29, 0.717) is 11.8 Å². The highest BCUT2D eigenvalue weighted by molar-refractivity contribution is 5.18. The Kier molecular flexibility index (Phi) is 2.51. The second-order valence-electron chi connectivity index (χ2n) is 6.67. The minimum Gasteiger partial charge on any atom is -0.393 e. The van der Waals surface area contributed by atoms with Gasteiger partial charge in [0.25, 0.3) is 0 Å². The summed E-state index contributed by atoms with van der Waals surface area (Å²) in [6.45, 7) is 0. The second kappa shape index (κ2) is 4.09. The molecule has 96 valence electrons. The van der Waals surface area contributed by atoms with Gasteiger partial charge in [0.1, 0.15) is 0 Å². The van der Waals surface area contributed by atoms with Crippen molar-refractivity contribution in [1.29, 1.82) is 0 Å². The fraction of sp³-hybridized carbons (Fsp3) is 0.647. The molecule has 3 aliphatic rings. The predicted molar refractivity (Wildman–Crippen MR) is 72.1 cm³/mol. The molecular formula is C17H22O. The van der Waals surface area contributed by atoms with Crippen LogP contribution in [0.2, 0.25) is 0 Å². The van der Waals surface area contributed by atoms with Crippen LogP contribution >= 0.6 is 0 Å². The Morgan fingerprint density at radius 1 is 0.944 bits per heavy atom. The monoisotopic (exact) mass is 242 g/mol. The summed E-state index contributed by atoms with van der Waals surface area (Å²) in [5.41, 5.74) is 1.41. The molecule has 6 atom stereocenters. The third kappa shape index (κ3) is 1.50. The highest BCUT2D eigenvalue weighted by atomic mass is 16.3. The largest absolute Gasteiger partial charge is 0.393 e. The number of aliphatic hydroxyl groups excluding tert-OH is 1. The molecule has 0 aromatic heterocycles. The molecule has 3 fully saturated rings. The molecule has 1 nitrogen and oxygen atoms in total. The van der Waals surface area contributed by atoms with Gasteiger partial charge in [-0.15, -0.1) is 0 Å². The van der Waals surface area contributed by atoms with E-state index in [0.717, 1.165) is 24.2 Å². The molecule has 1 heteroatoms. The van der Waals surface area contributed by atoms with Crippen molar-refractivity contribution < 1.29 is 5.11 Å². The molecule has 0 aliphatic heterocycles. The van der Waals surface area contributed by atoms with Crippen molar-refractivity contribution in [3.05, 3.63) is 35.9 Å². The number of fused-ring (bicyclic) bond motifs is 5. The van der Waals surface area contributed by atoms with Crippen LogP contribution in [0.4, 0.5) is 0 Å². The maximum atomic E-state index is 10.6. The molecule has 1 aromatic carbocycles. The average molecular weight is 242 g/mol. The molecule has 4 rings (SSSR count). The summed E-state index contributed by atoms with van der Waals surface area (Å²) in [4.78, 5) is 0. The summed E-state index contributed by atoms with van der Waals surface area (Å²) in [6.07, 6.45) is 6.62. The molecule has 6 unspecified atom stereocenters. The van der Waals surface area contributed by atoms with Crippen molar-refractivity contribution in [3.63, 3.8) is 0 Å². The number of aliphatic hydroxyl groups is 1. The molecule has 1 N–H and O–H groups in total. The summed E-state index contributed by atoms with van der Waals surface area (Å²) < 4.78 is 0. The molecule has 0 saturated heterocycles. The maximum Gasteiger partial charge on any atom is 0.0605 e. The lowest BCUT2D eigenvalue weighted by atomic mass is 9.72. The van der Waals surface area contributed by atoms with Crippen molar-refractivity contribution >= 4 is 0 Å². The zero-order valence-corrected chi connectivity index (χ0v) is 10.8. The summed E-state index contributed by atoms with van der Waals surface area (Å²) in [5.74, 6) is 3.81. The van der Waals surface area contributed by atoms with Crippen LogP contribution in [-0.4, -0.2) is 11.2 Å². The lowest BCUT2D eigenvalue weighted by Gasteiger charge is -2.35. The normalized spacial score (nSPS) is 45.4. The average Bonchev–Trinajstić information content (AvgIpc) is 3.04. The third-order valence-corrected chi connectivity index (χ3v) is 6.01. The lowest BCUT2D eigenvalue weighted by molar-refractivity contribution is 0.0127. The second-order valence-corrected chi connectivity index (χ2v) is 6.67. The first-order chi connectivity index (χ1) is 8.84. The number of rotatable bonds is 2. The summed E-state index contributed by atoms with van der Waals surface area (Å²) >= 11 is 0. The number of benzene rings is 1. The van der Waals surface area contributed by atoms with Gasteiger partial charge in [0.15, 0.2) is 0 Å². The van der Waals surface area contributed by atoms with Crippen LogP contribution in [0, 0.1) is 29.6 Å². The minimum absolute atomic E-state index is 0.0189. The summed E-state index contributed by atoms with van der Waals surface area (Å²) in [6, 6.07) is 10.7. The van der Waals surface area contributed by atoms with Crippen molar-refractivity contribution in [1.82, 2.24) is 0 Å². The molecule has 1 aromatic rings. The van der Waals surface area contributed by atoms with E-state index in [4.69, 9.17) is 0 Å². The van der Waals surface area contributed by atoms with Gasteiger partial charge >= 0.3 is 0 Å². The highest BCUT2D eigenvalue weighted by Gasteiger charge is 2.58. The Labute approximate surface area is 109 Å². The van der Waals surface area contributed by atoms with Crippen LogP contribution in [-0.2, 0) is 6.42 Å². The van der Waals surface area contributed by atoms with Gasteiger partial charge in [0, 0.05) is 0 Å². The predicted octanol–water partition coefficient (Wildman–Crippen LogP) is 3.27. The van der Waals surface area contributed by atoms with Gasteiger partial charge in [0.05, 0.1) is 6.10 Å². The fourth-order valence-electron chi connectivity index (χ4n) is 5.36. The lowest BCUT2D eigenvalue weighted by Crippen LogP contribution is -2.37. The standard InChI is InChI=1S/C17H22O/c18-17-15(9-11-5-2-1-3-6-11)14-10-16(17)13-8-4-7-12(13)14/h1-3,5-6,12-18H,4,7-10H2. The van der Waals surface area contributed by atoms with Crippen molar-refractivity contribution in [2.24, 2.45) is 29.6 Å². The van der Waals surface area contributed by atoms with Crippen LogP contribution < -0.4 is 0 Å². The Bertz CT molecular complexity index is 426. The first kappa shape index (κ1) is 11.0. The molecule has 0 heterocycles. The highest BCUT2D eigenvalue weighted by Crippen LogP contribution is 2.61. The van der Waals surface area contributed by atoms with Crippen molar-refractivity contribution in [3.8, 4) is 0 Å². The Balaban J connectivity index is 1.56. The van der Waals surface area contributed by atoms with Crippen LogP contribution in [0.5, 0.6) is 0 Å². The van der Waals surface area contributed by atoms with Gasteiger partial charge in [-0.3, -0.25) is 0 Å². The van der Waals surface area contributed by atoms with E-state index in [1.54, 1.807) is 0 Å². The fourth-order valence-corrected chi connectivity index (χ4v) is 5.36. The van der Waals surface area contributed by atoms with E-state index in [2.05, 4.69) is 30.3 Å². The molecule has 0 radical (unpaired) electrons. The molecular weight excluding hydrogens is 220 g/mol. The van der Waals surface area contributed by atoms with Crippen LogP contribution in [0.15, 0.2) is 30.3 Å². The molecule has 2 bridgehead atoms. The van der Waals surface area contributed by atoms with Gasteiger partial charge in [-0.05, 0) is 60.8 Å². The smallest absolute Gasteiger partial charge is 0.0605 e. The van der Waals surface area contributed by atoms with Gasteiger partial charge in [-0.2, -0.15) is 0 Å². The molecule has 18 heavy (non-hydrogen) atoms. The SMILES string of the molecule is OC1C2CC(C1Cc1ccccc1)C1CCCC21. The van der Waals surface area contributed by atoms with Gasteiger partial charge in [-0.25, -0.2) is 0 Å². The Morgan fingerprint density at radius 2 is 1.67 bits per heavy atom. The summed E-state index contributed by atoms with van der Waals surface area (Å²) in [5, 5.41) is 10.6. The minimum atomic E-state index is -0.0189. The zero-order valence-electron chi connectivity index (χ0n) is 10.8. The van der Waals surface area contributed by atoms with E-state index in [-0.39, 0.29) is 6.10 Å². The van der Waals surface area contributed by atoms with Gasteiger partial charge < -0.3 is 5.11 Å². The third-order valence-electron chi connectivity index (χ3n) is 6.01. The first-order valence-electron chi connectivity index (χ1n) is 7.56. The Hall–Kier alpha value is -0.820. The Morgan fingerprint density at radius 3 is 2.44 bits per heavy atom. The quantitative estimate of drug-likeness (QED) is 0.844. The number of hydrogen-bond donors (Lipinski definition) is 1.